The smallest absolute Gasteiger partial charge is 0.344 e. The molecule has 2 rings (SSSR count). The molecule has 0 aromatic carbocycles. The maximum Gasteiger partial charge on any atom is 0.344 e. The third-order valence-corrected chi connectivity index (χ3v) is 3.16. The molecule has 124 valence electrons. The van der Waals surface area contributed by atoms with Crippen LogP contribution in [-0.4, -0.2) is 42.9 Å². The second-order valence-electron chi connectivity index (χ2n) is 4.76. The molecule has 1 aliphatic heterocycles. The molecule has 0 unspecified atom stereocenters. The van der Waals surface area contributed by atoms with Gasteiger partial charge in [-0.05, 0) is 20.8 Å². The summed E-state index contributed by atoms with van der Waals surface area (Å²) in [4.78, 5) is 35.4. The molecule has 1 aromatic rings. The molecular weight excluding hydrogens is 306 g/mol. The van der Waals surface area contributed by atoms with E-state index < -0.39 is 18.0 Å². The monoisotopic (exact) mass is 323 g/mol. The van der Waals surface area contributed by atoms with Gasteiger partial charge in [-0.2, -0.15) is 0 Å². The van der Waals surface area contributed by atoms with Crippen LogP contribution in [0.15, 0.2) is 15.8 Å². The van der Waals surface area contributed by atoms with E-state index in [2.05, 4.69) is 15.8 Å². The first-order valence-electron chi connectivity index (χ1n) is 6.98. The number of carbonyl (C=O) groups excluding carboxylic acids is 3. The van der Waals surface area contributed by atoms with Crippen LogP contribution in [0.5, 0.6) is 0 Å². The summed E-state index contributed by atoms with van der Waals surface area (Å²) < 4.78 is 15.0. The molecule has 0 fully saturated rings. The SMILES string of the molecule is CCOC(=O)C1=C(COC(=O)c2c(C)noc2C)NC(=O)NC1. The van der Waals surface area contributed by atoms with Crippen molar-refractivity contribution >= 4 is 18.0 Å². The van der Waals surface area contributed by atoms with Gasteiger partial charge in [-0.3, -0.25) is 0 Å². The number of urea groups is 1. The topological polar surface area (TPSA) is 120 Å². The summed E-state index contributed by atoms with van der Waals surface area (Å²) >= 11 is 0. The zero-order chi connectivity index (χ0) is 17.0. The van der Waals surface area contributed by atoms with Crippen LogP contribution >= 0.6 is 0 Å². The first-order chi connectivity index (χ1) is 10.9. The van der Waals surface area contributed by atoms with E-state index in [9.17, 15) is 14.4 Å². The zero-order valence-electron chi connectivity index (χ0n) is 13.0. The number of rotatable bonds is 5. The van der Waals surface area contributed by atoms with E-state index in [1.54, 1.807) is 20.8 Å². The molecule has 2 heterocycles. The number of nitrogens with one attached hydrogen (secondary N) is 2. The van der Waals surface area contributed by atoms with E-state index in [4.69, 9.17) is 14.0 Å². The molecule has 0 aliphatic carbocycles. The Morgan fingerprint density at radius 3 is 2.61 bits per heavy atom. The number of ether oxygens (including phenoxy) is 2. The molecule has 0 saturated carbocycles. The molecule has 0 spiro atoms. The predicted molar refractivity (Wildman–Crippen MR) is 76.5 cm³/mol. The summed E-state index contributed by atoms with van der Waals surface area (Å²) in [6.45, 7) is 4.80. The standard InChI is InChI=1S/C14H17N3O6/c1-4-21-12(18)9-5-15-14(20)16-10(9)6-22-13(19)11-7(2)17-23-8(11)3/h4-6H2,1-3H3,(H2,15,16,20). The van der Waals surface area contributed by atoms with Crippen molar-refractivity contribution in [3.8, 4) is 0 Å². The Labute approximate surface area is 132 Å². The van der Waals surface area contributed by atoms with Crippen molar-refractivity contribution in [3.05, 3.63) is 28.3 Å². The largest absolute Gasteiger partial charge is 0.463 e. The van der Waals surface area contributed by atoms with E-state index in [-0.39, 0.29) is 36.6 Å². The fourth-order valence-electron chi connectivity index (χ4n) is 2.05. The van der Waals surface area contributed by atoms with Crippen LogP contribution in [0.25, 0.3) is 0 Å². The van der Waals surface area contributed by atoms with Crippen LogP contribution in [0.2, 0.25) is 0 Å². The second kappa shape index (κ2) is 6.95. The third-order valence-electron chi connectivity index (χ3n) is 3.16. The molecule has 1 aromatic heterocycles. The van der Waals surface area contributed by atoms with Gasteiger partial charge in [-0.1, -0.05) is 5.16 Å². The summed E-state index contributed by atoms with van der Waals surface area (Å²) in [6, 6.07) is -0.485. The van der Waals surface area contributed by atoms with Crippen LogP contribution in [0.1, 0.15) is 28.7 Å². The van der Waals surface area contributed by atoms with Crippen molar-refractivity contribution in [1.29, 1.82) is 0 Å². The van der Waals surface area contributed by atoms with Crippen molar-refractivity contribution in [3.63, 3.8) is 0 Å². The predicted octanol–water partition coefficient (Wildman–Crippen LogP) is 0.578. The minimum absolute atomic E-state index is 0.00285. The summed E-state index contributed by atoms with van der Waals surface area (Å²) in [5, 5.41) is 8.58. The van der Waals surface area contributed by atoms with Gasteiger partial charge in [0.2, 0.25) is 0 Å². The Hall–Kier alpha value is -2.84. The highest BCUT2D eigenvalue weighted by molar-refractivity contribution is 5.94. The van der Waals surface area contributed by atoms with Gasteiger partial charge in [-0.15, -0.1) is 0 Å². The number of esters is 2. The molecule has 2 N–H and O–H groups in total. The van der Waals surface area contributed by atoms with Gasteiger partial charge in [-0.25, -0.2) is 14.4 Å². The van der Waals surface area contributed by atoms with Crippen LogP contribution < -0.4 is 10.6 Å². The van der Waals surface area contributed by atoms with E-state index in [1.165, 1.54) is 0 Å². The summed E-state index contributed by atoms with van der Waals surface area (Å²) in [6.07, 6.45) is 0. The molecule has 1 aliphatic rings. The van der Waals surface area contributed by atoms with E-state index in [1.807, 2.05) is 0 Å². The van der Waals surface area contributed by atoms with Gasteiger partial charge in [0.15, 0.2) is 0 Å². The fourth-order valence-corrected chi connectivity index (χ4v) is 2.05. The molecule has 0 saturated heterocycles. The van der Waals surface area contributed by atoms with E-state index >= 15 is 0 Å². The maximum absolute atomic E-state index is 12.1. The third kappa shape index (κ3) is 3.68. The normalized spacial score (nSPS) is 14.1. The lowest BCUT2D eigenvalue weighted by molar-refractivity contribution is -0.138. The van der Waals surface area contributed by atoms with Crippen molar-refractivity contribution in [2.24, 2.45) is 0 Å². The van der Waals surface area contributed by atoms with Crippen LogP contribution in [0.4, 0.5) is 4.79 Å². The minimum Gasteiger partial charge on any atom is -0.463 e. The average Bonchev–Trinajstić information content (AvgIpc) is 2.84. The molecule has 9 heteroatoms. The Morgan fingerprint density at radius 2 is 2.00 bits per heavy atom. The highest BCUT2D eigenvalue weighted by Crippen LogP contribution is 2.15. The Kier molecular flexibility index (Phi) is 4.99. The number of aryl methyl sites for hydroxylation is 2. The van der Waals surface area contributed by atoms with Crippen molar-refractivity contribution in [2.45, 2.75) is 20.8 Å². The Morgan fingerprint density at radius 1 is 1.26 bits per heavy atom. The summed E-state index contributed by atoms with van der Waals surface area (Å²) in [7, 11) is 0. The molecule has 9 nitrogen and oxygen atoms in total. The van der Waals surface area contributed by atoms with Gasteiger partial charge in [0.25, 0.3) is 0 Å². The quantitative estimate of drug-likeness (QED) is 0.760. The Bertz CT molecular complexity index is 657. The molecule has 2 amide bonds. The summed E-state index contributed by atoms with van der Waals surface area (Å²) in [5.41, 5.74) is 1.02. The lowest BCUT2D eigenvalue weighted by atomic mass is 10.1. The number of hydrogen-bond donors (Lipinski definition) is 2. The fraction of sp³-hybridized carbons (Fsp3) is 0.429. The van der Waals surface area contributed by atoms with Crippen molar-refractivity contribution in [1.82, 2.24) is 15.8 Å². The van der Waals surface area contributed by atoms with Gasteiger partial charge in [0, 0.05) is 0 Å². The van der Waals surface area contributed by atoms with E-state index in [0.29, 0.717) is 11.5 Å². The first-order valence-corrected chi connectivity index (χ1v) is 6.98. The number of nitrogens with zero attached hydrogens (tertiary/aromatic N) is 1. The van der Waals surface area contributed by atoms with Crippen LogP contribution in [0, 0.1) is 13.8 Å². The van der Waals surface area contributed by atoms with Gasteiger partial charge in [0.1, 0.15) is 17.9 Å². The van der Waals surface area contributed by atoms with Gasteiger partial charge < -0.3 is 24.6 Å². The molecular formula is C14H17N3O6. The zero-order valence-corrected chi connectivity index (χ0v) is 13.0. The number of hydrogen-bond acceptors (Lipinski definition) is 7. The second-order valence-corrected chi connectivity index (χ2v) is 4.76. The minimum atomic E-state index is -0.648. The van der Waals surface area contributed by atoms with Crippen molar-refractivity contribution in [2.75, 3.05) is 19.8 Å². The van der Waals surface area contributed by atoms with Crippen molar-refractivity contribution < 1.29 is 28.4 Å². The lowest BCUT2D eigenvalue weighted by Crippen LogP contribution is -2.45. The van der Waals surface area contributed by atoms with E-state index in [0.717, 1.165) is 0 Å². The Balaban J connectivity index is 2.13. The number of aromatic nitrogens is 1. The van der Waals surface area contributed by atoms with Gasteiger partial charge >= 0.3 is 18.0 Å². The number of amides is 2. The first kappa shape index (κ1) is 16.5. The molecule has 23 heavy (non-hydrogen) atoms. The highest BCUT2D eigenvalue weighted by Gasteiger charge is 2.26. The lowest BCUT2D eigenvalue weighted by Gasteiger charge is -2.21. The van der Waals surface area contributed by atoms with Crippen LogP contribution in [-0.2, 0) is 14.3 Å². The maximum atomic E-state index is 12.1. The highest BCUT2D eigenvalue weighted by atomic mass is 16.5. The molecule has 0 bridgehead atoms. The average molecular weight is 323 g/mol. The van der Waals surface area contributed by atoms with Crippen LogP contribution in [0.3, 0.4) is 0 Å². The summed E-state index contributed by atoms with van der Waals surface area (Å²) in [5.74, 6) is -0.894. The molecule has 0 atom stereocenters. The number of carbonyl (C=O) groups is 3. The van der Waals surface area contributed by atoms with Gasteiger partial charge in [0.05, 0.1) is 30.1 Å². The molecule has 0 radical (unpaired) electrons.